The number of carbonyl (C=O) groups excluding carboxylic acids is 2. The van der Waals surface area contributed by atoms with E-state index in [2.05, 4.69) is 17.3 Å². The van der Waals surface area contributed by atoms with E-state index < -0.39 is 5.54 Å². The van der Waals surface area contributed by atoms with E-state index in [9.17, 15) is 9.59 Å². The second-order valence-corrected chi connectivity index (χ2v) is 7.45. The van der Waals surface area contributed by atoms with Gasteiger partial charge in [-0.25, -0.2) is 0 Å². The molecule has 118 valence electrons. The van der Waals surface area contributed by atoms with Gasteiger partial charge in [0.25, 0.3) is 0 Å². The second kappa shape index (κ2) is 5.27. The highest BCUT2D eigenvalue weighted by Gasteiger charge is 2.44. The number of rotatable bonds is 1. The molecule has 2 unspecified atom stereocenters. The van der Waals surface area contributed by atoms with E-state index >= 15 is 0 Å². The van der Waals surface area contributed by atoms with Gasteiger partial charge in [-0.15, -0.1) is 0 Å². The first-order valence-electron chi connectivity index (χ1n) is 8.22. The van der Waals surface area contributed by atoms with Gasteiger partial charge in [-0.1, -0.05) is 6.42 Å². The molecule has 3 rings (SSSR count). The zero-order valence-corrected chi connectivity index (χ0v) is 13.4. The van der Waals surface area contributed by atoms with Crippen molar-refractivity contribution in [1.82, 2.24) is 15.1 Å². The van der Waals surface area contributed by atoms with Crippen LogP contribution in [0.25, 0.3) is 0 Å². The SMILES string of the molecule is CN1C2CCCC1CC(N1CCC(=O)NC(C)(C)C1=O)C2. The molecule has 2 amide bonds. The van der Waals surface area contributed by atoms with E-state index in [0.29, 0.717) is 31.1 Å². The fraction of sp³-hybridized carbons (Fsp3) is 0.875. The quantitative estimate of drug-likeness (QED) is 0.788. The lowest BCUT2D eigenvalue weighted by Gasteiger charge is -2.50. The first-order valence-corrected chi connectivity index (χ1v) is 8.22. The molecule has 3 saturated heterocycles. The molecular formula is C16H27N3O2. The molecule has 0 aliphatic carbocycles. The van der Waals surface area contributed by atoms with Crippen molar-refractivity contribution < 1.29 is 9.59 Å². The highest BCUT2D eigenvalue weighted by atomic mass is 16.2. The summed E-state index contributed by atoms with van der Waals surface area (Å²) < 4.78 is 0. The van der Waals surface area contributed by atoms with Gasteiger partial charge < -0.3 is 15.1 Å². The van der Waals surface area contributed by atoms with Crippen LogP contribution >= 0.6 is 0 Å². The molecular weight excluding hydrogens is 266 g/mol. The van der Waals surface area contributed by atoms with Crippen LogP contribution in [0.3, 0.4) is 0 Å². The minimum absolute atomic E-state index is 0.0102. The van der Waals surface area contributed by atoms with Crippen molar-refractivity contribution in [2.45, 2.75) is 76.0 Å². The summed E-state index contributed by atoms with van der Waals surface area (Å²) in [6.07, 6.45) is 6.34. The normalized spacial score (nSPS) is 37.1. The maximum absolute atomic E-state index is 12.8. The number of carbonyl (C=O) groups is 2. The Kier molecular flexibility index (Phi) is 3.72. The number of nitrogens with one attached hydrogen (secondary N) is 1. The Morgan fingerprint density at radius 3 is 2.33 bits per heavy atom. The minimum atomic E-state index is -0.772. The van der Waals surface area contributed by atoms with Crippen LogP contribution in [0, 0.1) is 0 Å². The average Bonchev–Trinajstić information content (AvgIpc) is 2.47. The number of nitrogens with zero attached hydrogens (tertiary/aromatic N) is 2. The largest absolute Gasteiger partial charge is 0.342 e. The highest BCUT2D eigenvalue weighted by molar-refractivity contribution is 5.93. The van der Waals surface area contributed by atoms with Gasteiger partial charge in [0.05, 0.1) is 0 Å². The van der Waals surface area contributed by atoms with Gasteiger partial charge in [-0.3, -0.25) is 9.59 Å². The predicted molar refractivity (Wildman–Crippen MR) is 80.8 cm³/mol. The topological polar surface area (TPSA) is 52.6 Å². The highest BCUT2D eigenvalue weighted by Crippen LogP contribution is 2.35. The maximum atomic E-state index is 12.8. The average molecular weight is 293 g/mol. The summed E-state index contributed by atoms with van der Waals surface area (Å²) in [6.45, 7) is 4.21. The van der Waals surface area contributed by atoms with Crippen molar-refractivity contribution in [2.24, 2.45) is 0 Å². The van der Waals surface area contributed by atoms with Gasteiger partial charge >= 0.3 is 0 Å². The number of hydrogen-bond acceptors (Lipinski definition) is 3. The molecule has 5 heteroatoms. The van der Waals surface area contributed by atoms with Crippen molar-refractivity contribution in [3.05, 3.63) is 0 Å². The Bertz CT molecular complexity index is 435. The Hall–Kier alpha value is -1.10. The molecule has 0 aromatic heterocycles. The third kappa shape index (κ3) is 2.68. The summed E-state index contributed by atoms with van der Waals surface area (Å²) in [5.74, 6) is 0.0740. The summed E-state index contributed by atoms with van der Waals surface area (Å²) in [4.78, 5) is 29.1. The summed E-state index contributed by atoms with van der Waals surface area (Å²) in [6, 6.07) is 1.51. The predicted octanol–water partition coefficient (Wildman–Crippen LogP) is 1.13. The summed E-state index contributed by atoms with van der Waals surface area (Å²) in [5, 5.41) is 2.86. The molecule has 0 radical (unpaired) electrons. The second-order valence-electron chi connectivity index (χ2n) is 7.45. The molecule has 2 bridgehead atoms. The molecule has 0 aromatic carbocycles. The van der Waals surface area contributed by atoms with Gasteiger partial charge in [-0.2, -0.15) is 0 Å². The molecule has 21 heavy (non-hydrogen) atoms. The smallest absolute Gasteiger partial charge is 0.248 e. The van der Waals surface area contributed by atoms with Crippen LogP contribution in [0.4, 0.5) is 0 Å². The van der Waals surface area contributed by atoms with Crippen molar-refractivity contribution in [3.63, 3.8) is 0 Å². The molecule has 3 fully saturated rings. The Balaban J connectivity index is 1.79. The van der Waals surface area contributed by atoms with E-state index in [4.69, 9.17) is 0 Å². The van der Waals surface area contributed by atoms with Crippen molar-refractivity contribution in [1.29, 1.82) is 0 Å². The number of amides is 2. The maximum Gasteiger partial charge on any atom is 0.248 e. The number of fused-ring (bicyclic) bond motifs is 2. The standard InChI is InChI=1S/C16H27N3O2/c1-16(2)15(21)19(8-7-14(20)17-16)13-9-11-5-4-6-12(10-13)18(11)3/h11-13H,4-10H2,1-3H3,(H,17,20). The lowest BCUT2D eigenvalue weighted by Crippen LogP contribution is -2.60. The lowest BCUT2D eigenvalue weighted by molar-refractivity contribution is -0.141. The zero-order valence-electron chi connectivity index (χ0n) is 13.4. The van der Waals surface area contributed by atoms with Crippen LogP contribution in [0.5, 0.6) is 0 Å². The van der Waals surface area contributed by atoms with Crippen molar-refractivity contribution >= 4 is 11.8 Å². The molecule has 3 aliphatic heterocycles. The van der Waals surface area contributed by atoms with Gasteiger partial charge in [0.15, 0.2) is 0 Å². The van der Waals surface area contributed by atoms with Gasteiger partial charge in [0.2, 0.25) is 11.8 Å². The Morgan fingerprint density at radius 2 is 1.71 bits per heavy atom. The molecule has 1 N–H and O–H groups in total. The van der Waals surface area contributed by atoms with Gasteiger partial charge in [0.1, 0.15) is 5.54 Å². The van der Waals surface area contributed by atoms with Crippen LogP contribution in [-0.2, 0) is 9.59 Å². The van der Waals surface area contributed by atoms with Crippen LogP contribution in [-0.4, -0.2) is 58.9 Å². The van der Waals surface area contributed by atoms with Crippen molar-refractivity contribution in [2.75, 3.05) is 13.6 Å². The van der Waals surface area contributed by atoms with Gasteiger partial charge in [-0.05, 0) is 46.6 Å². The molecule has 0 saturated carbocycles. The summed E-state index contributed by atoms with van der Waals surface area (Å²) in [7, 11) is 2.23. The number of hydrogen-bond donors (Lipinski definition) is 1. The number of piperidine rings is 2. The third-order valence-electron chi connectivity index (χ3n) is 5.58. The van der Waals surface area contributed by atoms with Gasteiger partial charge in [0, 0.05) is 31.1 Å². The van der Waals surface area contributed by atoms with Crippen LogP contribution in [0.2, 0.25) is 0 Å². The van der Waals surface area contributed by atoms with Crippen molar-refractivity contribution in [3.8, 4) is 0 Å². The van der Waals surface area contributed by atoms with E-state index in [-0.39, 0.29) is 11.8 Å². The van der Waals surface area contributed by atoms with Crippen LogP contribution in [0.1, 0.15) is 52.4 Å². The van der Waals surface area contributed by atoms with Crippen LogP contribution < -0.4 is 5.32 Å². The molecule has 0 spiro atoms. The third-order valence-corrected chi connectivity index (χ3v) is 5.58. The first kappa shape index (κ1) is 14.8. The first-order chi connectivity index (χ1) is 9.88. The lowest BCUT2D eigenvalue weighted by atomic mass is 9.81. The zero-order chi connectivity index (χ0) is 15.2. The Labute approximate surface area is 127 Å². The fourth-order valence-corrected chi connectivity index (χ4v) is 4.34. The molecule has 2 atom stereocenters. The van der Waals surface area contributed by atoms with E-state index in [1.54, 1.807) is 0 Å². The van der Waals surface area contributed by atoms with Crippen LogP contribution in [0.15, 0.2) is 0 Å². The summed E-state index contributed by atoms with van der Waals surface area (Å²) >= 11 is 0. The Morgan fingerprint density at radius 1 is 1.10 bits per heavy atom. The summed E-state index contributed by atoms with van der Waals surface area (Å²) in [5.41, 5.74) is -0.772. The molecule has 3 aliphatic rings. The van der Waals surface area contributed by atoms with E-state index in [1.807, 2.05) is 18.7 Å². The fourth-order valence-electron chi connectivity index (χ4n) is 4.34. The monoisotopic (exact) mass is 293 g/mol. The molecule has 3 heterocycles. The minimum Gasteiger partial charge on any atom is -0.342 e. The molecule has 0 aromatic rings. The van der Waals surface area contributed by atoms with E-state index in [0.717, 1.165) is 12.8 Å². The van der Waals surface area contributed by atoms with E-state index in [1.165, 1.54) is 19.3 Å². The molecule has 5 nitrogen and oxygen atoms in total.